The van der Waals surface area contributed by atoms with Crippen LogP contribution >= 0.6 is 0 Å². The van der Waals surface area contributed by atoms with E-state index in [1.165, 1.54) is 17.7 Å². The molecule has 6 rings (SSSR count). The number of fused-ring (bicyclic) bond motifs is 2. The van der Waals surface area contributed by atoms with Crippen LogP contribution in [0.1, 0.15) is 117 Å². The molecule has 3 aliphatic rings. The molecule has 0 spiro atoms. The fraction of sp³-hybridized carbons (Fsp3) is 0.429. The summed E-state index contributed by atoms with van der Waals surface area (Å²) in [5.74, 6) is -3.84. The number of unbranched alkanes of at least 4 members (excludes halogenated alkanes) is 3. The molecule has 1 atom stereocenters. The van der Waals surface area contributed by atoms with Crippen molar-refractivity contribution in [1.82, 2.24) is 5.32 Å². The Hall–Kier alpha value is -4.74. The van der Waals surface area contributed by atoms with Crippen LogP contribution < -0.4 is 10.2 Å². The van der Waals surface area contributed by atoms with Gasteiger partial charge in [-0.3, -0.25) is 9.35 Å². The van der Waals surface area contributed by atoms with Crippen molar-refractivity contribution in [1.29, 1.82) is 0 Å². The minimum absolute atomic E-state index is 0.153. The highest BCUT2D eigenvalue weighted by atomic mass is 32.2. The van der Waals surface area contributed by atoms with Gasteiger partial charge in [-0.1, -0.05) is 84.2 Å². The van der Waals surface area contributed by atoms with Gasteiger partial charge in [-0.15, -0.1) is 0 Å². The summed E-state index contributed by atoms with van der Waals surface area (Å²) in [6.45, 7) is 16.4. The molecular formula is C49H59F3N3O4S+. The lowest BCUT2D eigenvalue weighted by Gasteiger charge is -2.30. The Bertz CT molecular complexity index is 2400. The summed E-state index contributed by atoms with van der Waals surface area (Å²) in [5, 5.41) is 3.11. The van der Waals surface area contributed by atoms with Crippen LogP contribution in [0.15, 0.2) is 101 Å². The zero-order valence-corrected chi connectivity index (χ0v) is 36.8. The SMILES string of the molecule is CCCCCNC(=O)C1CC(/C=C/C2=[N+](CCCC)c3ccccc3C2(C)C)=C(c2c(F)cc(F)cc2F)C(=C/C=C2/N(CCC)c3ccc(S(=O)(=O)O)cc3C2(C)C)/C1. The molecule has 2 aliphatic heterocycles. The Balaban J connectivity index is 1.58. The first-order valence-corrected chi connectivity index (χ1v) is 22.8. The predicted molar refractivity (Wildman–Crippen MR) is 235 cm³/mol. The van der Waals surface area contributed by atoms with Crippen LogP contribution in [0.25, 0.3) is 5.57 Å². The number of para-hydroxylation sites is 1. The summed E-state index contributed by atoms with van der Waals surface area (Å²) in [5.41, 5.74) is 5.40. The molecule has 0 fully saturated rings. The maximum absolute atomic E-state index is 16.2. The number of allylic oxidation sites excluding steroid dienone is 8. The van der Waals surface area contributed by atoms with Gasteiger partial charge in [0.25, 0.3) is 10.1 Å². The topological polar surface area (TPSA) is 89.7 Å². The molecule has 1 aliphatic carbocycles. The number of nitrogens with zero attached hydrogens (tertiary/aromatic N) is 2. The first-order valence-electron chi connectivity index (χ1n) is 21.3. The molecule has 7 nitrogen and oxygen atoms in total. The molecule has 3 aromatic carbocycles. The van der Waals surface area contributed by atoms with E-state index in [1.807, 2.05) is 57.2 Å². The van der Waals surface area contributed by atoms with Crippen molar-refractivity contribution >= 4 is 38.7 Å². The standard InChI is InChI=1S/C49H58F3N3O4S/c1-8-11-15-24-53-47(56)34-27-32(18-22-43-48(4,5)37-16-13-14-17-41(37)55(43)26-12-9-2)45(46-39(51)29-35(50)30-40(46)52)33(28-34)19-23-44-49(6,7)38-31-36(60(57,58)59)20-21-42(38)54(44)25-10-3/h13-14,16-23,29-31,34H,8-12,15,24-28H2,1-7H3,(H-,53,56,57,58,59)/p+1. The van der Waals surface area contributed by atoms with Gasteiger partial charge in [0, 0.05) is 72.1 Å². The number of halogens is 3. The highest BCUT2D eigenvalue weighted by Gasteiger charge is 2.44. The van der Waals surface area contributed by atoms with E-state index in [2.05, 4.69) is 54.6 Å². The van der Waals surface area contributed by atoms with E-state index in [4.69, 9.17) is 0 Å². The number of hydrogen-bond donors (Lipinski definition) is 2. The second-order valence-corrected chi connectivity index (χ2v) is 18.7. The van der Waals surface area contributed by atoms with E-state index >= 15 is 8.78 Å². The van der Waals surface area contributed by atoms with Gasteiger partial charge in [0.15, 0.2) is 5.71 Å². The second kappa shape index (κ2) is 18.1. The largest absolute Gasteiger partial charge is 0.356 e. The molecule has 2 heterocycles. The summed E-state index contributed by atoms with van der Waals surface area (Å²) in [7, 11) is -4.48. The van der Waals surface area contributed by atoms with Crippen LogP contribution in [0.5, 0.6) is 0 Å². The normalized spacial score (nSPS) is 19.9. The van der Waals surface area contributed by atoms with E-state index in [0.717, 1.165) is 67.9 Å². The fourth-order valence-electron chi connectivity index (χ4n) is 9.17. The molecule has 320 valence electrons. The van der Waals surface area contributed by atoms with E-state index in [9.17, 15) is 22.2 Å². The van der Waals surface area contributed by atoms with Crippen molar-refractivity contribution in [2.75, 3.05) is 24.5 Å². The molecule has 2 N–H and O–H groups in total. The van der Waals surface area contributed by atoms with Gasteiger partial charge in [0.1, 0.15) is 24.0 Å². The predicted octanol–water partition coefficient (Wildman–Crippen LogP) is 11.3. The molecule has 0 aromatic heterocycles. The second-order valence-electron chi connectivity index (χ2n) is 17.3. The van der Waals surface area contributed by atoms with E-state index in [-0.39, 0.29) is 34.8 Å². The number of anilines is 1. The van der Waals surface area contributed by atoms with Crippen LogP contribution in [0.3, 0.4) is 0 Å². The Morgan fingerprint density at radius 2 is 1.57 bits per heavy atom. The van der Waals surface area contributed by atoms with Gasteiger partial charge in [-0.2, -0.15) is 13.0 Å². The molecule has 0 saturated heterocycles. The fourth-order valence-corrected chi connectivity index (χ4v) is 9.68. The number of rotatable bonds is 15. The monoisotopic (exact) mass is 842 g/mol. The molecular weight excluding hydrogens is 784 g/mol. The smallest absolute Gasteiger partial charge is 0.294 e. The van der Waals surface area contributed by atoms with E-state index in [1.54, 1.807) is 6.07 Å². The molecule has 11 heteroatoms. The lowest BCUT2D eigenvalue weighted by Crippen LogP contribution is -2.33. The first-order chi connectivity index (χ1) is 28.4. The summed E-state index contributed by atoms with van der Waals surface area (Å²) < 4.78 is 83.5. The zero-order valence-electron chi connectivity index (χ0n) is 36.0. The highest BCUT2D eigenvalue weighted by molar-refractivity contribution is 7.85. The average Bonchev–Trinajstić information content (AvgIpc) is 3.54. The molecule has 3 aromatic rings. The van der Waals surface area contributed by atoms with Crippen molar-refractivity contribution in [2.45, 2.75) is 116 Å². The number of carbonyl (C=O) groups excluding carboxylic acids is 1. The Kier molecular flexibility index (Phi) is 13.5. The van der Waals surface area contributed by atoms with Gasteiger partial charge >= 0.3 is 0 Å². The first kappa shape index (κ1) is 44.8. The quantitative estimate of drug-likeness (QED) is 0.0904. The van der Waals surface area contributed by atoms with Crippen LogP contribution in [-0.4, -0.2) is 48.8 Å². The van der Waals surface area contributed by atoms with Crippen molar-refractivity contribution in [3.8, 4) is 0 Å². The maximum atomic E-state index is 16.2. The van der Waals surface area contributed by atoms with Gasteiger partial charge in [0.05, 0.1) is 15.9 Å². The lowest BCUT2D eigenvalue weighted by molar-refractivity contribution is -0.438. The van der Waals surface area contributed by atoms with Gasteiger partial charge < -0.3 is 10.2 Å². The molecule has 0 radical (unpaired) electrons. The maximum Gasteiger partial charge on any atom is 0.294 e. The summed E-state index contributed by atoms with van der Waals surface area (Å²) >= 11 is 0. The Morgan fingerprint density at radius 1 is 0.867 bits per heavy atom. The summed E-state index contributed by atoms with van der Waals surface area (Å²) in [4.78, 5) is 15.9. The van der Waals surface area contributed by atoms with Crippen LogP contribution in [0.4, 0.5) is 24.5 Å². The average molecular weight is 843 g/mol. The van der Waals surface area contributed by atoms with Crippen LogP contribution in [0.2, 0.25) is 0 Å². The molecule has 1 unspecified atom stereocenters. The third kappa shape index (κ3) is 8.84. The zero-order chi connectivity index (χ0) is 43.6. The Morgan fingerprint density at radius 3 is 2.23 bits per heavy atom. The number of hydrogen-bond acceptors (Lipinski definition) is 4. The van der Waals surface area contributed by atoms with Crippen LogP contribution in [-0.2, 0) is 25.7 Å². The molecule has 0 bridgehead atoms. The summed E-state index contributed by atoms with van der Waals surface area (Å²) in [6.07, 6.45) is 13.5. The van der Waals surface area contributed by atoms with E-state index < -0.39 is 44.3 Å². The third-order valence-electron chi connectivity index (χ3n) is 12.3. The van der Waals surface area contributed by atoms with E-state index in [0.29, 0.717) is 41.9 Å². The Labute approximate surface area is 354 Å². The van der Waals surface area contributed by atoms with Crippen molar-refractivity contribution in [2.24, 2.45) is 5.92 Å². The molecule has 1 amide bonds. The van der Waals surface area contributed by atoms with Gasteiger partial charge in [0.2, 0.25) is 11.6 Å². The number of carbonyl (C=O) groups is 1. The minimum atomic E-state index is -4.48. The number of nitrogens with one attached hydrogen (secondary N) is 1. The number of amides is 1. The van der Waals surface area contributed by atoms with Crippen molar-refractivity contribution in [3.05, 3.63) is 130 Å². The van der Waals surface area contributed by atoms with Crippen molar-refractivity contribution in [3.63, 3.8) is 0 Å². The molecule has 0 saturated carbocycles. The summed E-state index contributed by atoms with van der Waals surface area (Å²) in [6, 6.07) is 14.2. The minimum Gasteiger partial charge on any atom is -0.356 e. The number of benzene rings is 3. The lowest BCUT2D eigenvalue weighted by atomic mass is 9.75. The van der Waals surface area contributed by atoms with Gasteiger partial charge in [-0.25, -0.2) is 13.2 Å². The van der Waals surface area contributed by atoms with Crippen LogP contribution in [0, 0.1) is 23.4 Å². The molecule has 60 heavy (non-hydrogen) atoms. The highest BCUT2D eigenvalue weighted by Crippen LogP contribution is 2.50. The van der Waals surface area contributed by atoms with Crippen molar-refractivity contribution < 1.29 is 35.5 Å². The third-order valence-corrected chi connectivity index (χ3v) is 13.2. The van der Waals surface area contributed by atoms with Gasteiger partial charge in [-0.05, 0) is 86.1 Å².